The molecule has 1 atom stereocenters. The fourth-order valence-corrected chi connectivity index (χ4v) is 3.77. The molecule has 0 fully saturated rings. The molecule has 0 aliphatic carbocycles. The van der Waals surface area contributed by atoms with Crippen molar-refractivity contribution in [2.45, 2.75) is 45.7 Å². The van der Waals surface area contributed by atoms with Gasteiger partial charge in [0, 0.05) is 55.9 Å². The van der Waals surface area contributed by atoms with Gasteiger partial charge in [0.15, 0.2) is 0 Å². The Morgan fingerprint density at radius 3 is 2.60 bits per heavy atom. The SMILES string of the molecule is CCC(C)N(CCC(=O)NCc1ccncc1)c1nc(Cc2ccc(F)cc2)ns1. The van der Waals surface area contributed by atoms with E-state index >= 15 is 0 Å². The topological polar surface area (TPSA) is 71.0 Å². The Kier molecular flexibility index (Phi) is 7.84. The molecule has 3 aromatic rings. The summed E-state index contributed by atoms with van der Waals surface area (Å²) in [5.41, 5.74) is 1.98. The van der Waals surface area contributed by atoms with Gasteiger partial charge in [-0.2, -0.15) is 4.37 Å². The van der Waals surface area contributed by atoms with Crippen molar-refractivity contribution in [3.8, 4) is 0 Å². The van der Waals surface area contributed by atoms with Crippen molar-refractivity contribution in [1.29, 1.82) is 0 Å². The average molecular weight is 428 g/mol. The summed E-state index contributed by atoms with van der Waals surface area (Å²) < 4.78 is 17.6. The zero-order valence-corrected chi connectivity index (χ0v) is 18.0. The first-order valence-electron chi connectivity index (χ1n) is 10.0. The minimum Gasteiger partial charge on any atom is -0.352 e. The maximum Gasteiger partial charge on any atom is 0.222 e. The number of nitrogens with zero attached hydrogens (tertiary/aromatic N) is 4. The number of anilines is 1. The van der Waals surface area contributed by atoms with E-state index in [2.05, 4.69) is 38.4 Å². The van der Waals surface area contributed by atoms with Crippen LogP contribution in [0.4, 0.5) is 9.52 Å². The number of hydrogen-bond acceptors (Lipinski definition) is 6. The summed E-state index contributed by atoms with van der Waals surface area (Å²) >= 11 is 1.34. The number of rotatable bonds is 10. The summed E-state index contributed by atoms with van der Waals surface area (Å²) in [5, 5.41) is 3.76. The van der Waals surface area contributed by atoms with E-state index in [1.165, 1.54) is 23.7 Å². The highest BCUT2D eigenvalue weighted by Crippen LogP contribution is 2.22. The molecule has 1 unspecified atom stereocenters. The summed E-state index contributed by atoms with van der Waals surface area (Å²) in [6.45, 7) is 5.30. The molecule has 0 saturated carbocycles. The number of amides is 1. The van der Waals surface area contributed by atoms with Gasteiger partial charge >= 0.3 is 0 Å². The van der Waals surface area contributed by atoms with E-state index in [1.807, 2.05) is 12.1 Å². The van der Waals surface area contributed by atoms with Crippen molar-refractivity contribution in [3.63, 3.8) is 0 Å². The predicted molar refractivity (Wildman–Crippen MR) is 117 cm³/mol. The summed E-state index contributed by atoms with van der Waals surface area (Å²) in [6.07, 6.45) is 5.29. The highest BCUT2D eigenvalue weighted by Gasteiger charge is 2.19. The Hall–Kier alpha value is -2.87. The second-order valence-corrected chi connectivity index (χ2v) is 7.86. The number of aromatic nitrogens is 3. The molecule has 1 N–H and O–H groups in total. The number of hydrogen-bond donors (Lipinski definition) is 1. The van der Waals surface area contributed by atoms with E-state index in [0.29, 0.717) is 31.8 Å². The maximum atomic E-state index is 13.1. The Morgan fingerprint density at radius 2 is 1.90 bits per heavy atom. The number of halogens is 1. The van der Waals surface area contributed by atoms with Crippen molar-refractivity contribution < 1.29 is 9.18 Å². The molecule has 0 aliphatic rings. The number of pyridine rings is 1. The zero-order valence-electron chi connectivity index (χ0n) is 17.2. The van der Waals surface area contributed by atoms with Gasteiger partial charge in [0.2, 0.25) is 11.0 Å². The molecule has 0 saturated heterocycles. The van der Waals surface area contributed by atoms with Crippen molar-refractivity contribution in [2.24, 2.45) is 0 Å². The van der Waals surface area contributed by atoms with Gasteiger partial charge in [-0.15, -0.1) is 0 Å². The van der Waals surface area contributed by atoms with Gasteiger partial charge in [0.05, 0.1) is 0 Å². The second kappa shape index (κ2) is 10.8. The molecule has 8 heteroatoms. The van der Waals surface area contributed by atoms with Crippen LogP contribution in [0.1, 0.15) is 43.6 Å². The highest BCUT2D eigenvalue weighted by molar-refractivity contribution is 7.09. The minimum absolute atomic E-state index is 0.00355. The van der Waals surface area contributed by atoms with Gasteiger partial charge in [-0.1, -0.05) is 19.1 Å². The molecule has 0 aliphatic heterocycles. The first-order valence-corrected chi connectivity index (χ1v) is 10.8. The lowest BCUT2D eigenvalue weighted by Crippen LogP contribution is -2.36. The average Bonchev–Trinajstić information content (AvgIpc) is 3.22. The van der Waals surface area contributed by atoms with Crippen molar-refractivity contribution in [1.82, 2.24) is 19.7 Å². The Morgan fingerprint density at radius 1 is 1.17 bits per heavy atom. The van der Waals surface area contributed by atoms with Crippen LogP contribution in [0.25, 0.3) is 0 Å². The summed E-state index contributed by atoms with van der Waals surface area (Å²) in [7, 11) is 0. The molecule has 30 heavy (non-hydrogen) atoms. The van der Waals surface area contributed by atoms with E-state index in [0.717, 1.165) is 22.7 Å². The highest BCUT2D eigenvalue weighted by atomic mass is 32.1. The van der Waals surface area contributed by atoms with Crippen LogP contribution in [0.15, 0.2) is 48.8 Å². The van der Waals surface area contributed by atoms with Crippen LogP contribution >= 0.6 is 11.5 Å². The Labute approximate surface area is 180 Å². The fourth-order valence-electron chi connectivity index (χ4n) is 2.95. The van der Waals surface area contributed by atoms with Gasteiger partial charge < -0.3 is 10.2 Å². The molecule has 3 rings (SSSR count). The first-order chi connectivity index (χ1) is 14.5. The van der Waals surface area contributed by atoms with Gasteiger partial charge in [-0.3, -0.25) is 9.78 Å². The van der Waals surface area contributed by atoms with E-state index in [4.69, 9.17) is 0 Å². The molecular weight excluding hydrogens is 401 g/mol. The summed E-state index contributed by atoms with van der Waals surface area (Å²) in [6, 6.07) is 10.4. The molecule has 2 aromatic heterocycles. The number of carbonyl (C=O) groups is 1. The monoisotopic (exact) mass is 427 g/mol. The van der Waals surface area contributed by atoms with Crippen molar-refractivity contribution in [3.05, 3.63) is 71.6 Å². The predicted octanol–water partition coefficient (Wildman–Crippen LogP) is 3.97. The van der Waals surface area contributed by atoms with E-state index in [1.54, 1.807) is 24.5 Å². The lowest BCUT2D eigenvalue weighted by atomic mass is 10.1. The van der Waals surface area contributed by atoms with Crippen LogP contribution in [0.2, 0.25) is 0 Å². The van der Waals surface area contributed by atoms with E-state index in [9.17, 15) is 9.18 Å². The summed E-state index contributed by atoms with van der Waals surface area (Å²) in [5.74, 6) is 0.448. The van der Waals surface area contributed by atoms with Crippen LogP contribution in [-0.4, -0.2) is 32.8 Å². The van der Waals surface area contributed by atoms with Gasteiger partial charge in [0.25, 0.3) is 0 Å². The second-order valence-electron chi connectivity index (χ2n) is 7.13. The summed E-state index contributed by atoms with van der Waals surface area (Å²) in [4.78, 5) is 23.1. The molecule has 2 heterocycles. The lowest BCUT2D eigenvalue weighted by molar-refractivity contribution is -0.121. The van der Waals surface area contributed by atoms with Crippen LogP contribution < -0.4 is 10.2 Å². The molecule has 1 amide bonds. The van der Waals surface area contributed by atoms with Crippen LogP contribution in [0, 0.1) is 5.82 Å². The molecule has 0 bridgehead atoms. The van der Waals surface area contributed by atoms with Crippen molar-refractivity contribution >= 4 is 22.6 Å². The first kappa shape index (κ1) is 21.8. The Bertz CT molecular complexity index is 932. The molecule has 1 aromatic carbocycles. The third kappa shape index (κ3) is 6.32. The minimum atomic E-state index is -0.254. The lowest BCUT2D eigenvalue weighted by Gasteiger charge is -2.27. The number of nitrogens with one attached hydrogen (secondary N) is 1. The number of carbonyl (C=O) groups excluding carboxylic acids is 1. The van der Waals surface area contributed by atoms with E-state index in [-0.39, 0.29) is 17.8 Å². The molecule has 0 spiro atoms. The zero-order chi connectivity index (χ0) is 21.3. The van der Waals surface area contributed by atoms with Crippen LogP contribution in [0.5, 0.6) is 0 Å². The third-order valence-electron chi connectivity index (χ3n) is 4.92. The van der Waals surface area contributed by atoms with Gasteiger partial charge in [-0.25, -0.2) is 9.37 Å². The van der Waals surface area contributed by atoms with E-state index < -0.39 is 0 Å². The third-order valence-corrected chi connectivity index (χ3v) is 5.71. The largest absolute Gasteiger partial charge is 0.352 e. The smallest absolute Gasteiger partial charge is 0.222 e. The number of benzene rings is 1. The Balaban J connectivity index is 1.58. The maximum absolute atomic E-state index is 13.1. The molecule has 158 valence electrons. The molecule has 0 radical (unpaired) electrons. The molecular formula is C22H26FN5OS. The van der Waals surface area contributed by atoms with Crippen molar-refractivity contribution in [2.75, 3.05) is 11.4 Å². The normalized spacial score (nSPS) is 11.8. The van der Waals surface area contributed by atoms with Gasteiger partial charge in [-0.05, 0) is 48.7 Å². The van der Waals surface area contributed by atoms with Gasteiger partial charge in [0.1, 0.15) is 11.6 Å². The fraction of sp³-hybridized carbons (Fsp3) is 0.364. The van der Waals surface area contributed by atoms with Crippen LogP contribution in [0.3, 0.4) is 0 Å². The standard InChI is InChI=1S/C22H26FN5OS/c1-3-16(2)28(13-10-21(29)25-15-18-8-11-24-12-9-18)22-26-20(27-30-22)14-17-4-6-19(23)7-5-17/h4-9,11-12,16H,3,10,13-15H2,1-2H3,(H,25,29). The molecule has 6 nitrogen and oxygen atoms in total. The van der Waals surface area contributed by atoms with Crippen LogP contribution in [-0.2, 0) is 17.8 Å². The quantitative estimate of drug-likeness (QED) is 0.530.